The summed E-state index contributed by atoms with van der Waals surface area (Å²) in [5, 5.41) is 0. The highest BCUT2D eigenvalue weighted by atomic mass is 79.9. The van der Waals surface area contributed by atoms with Crippen molar-refractivity contribution in [2.75, 3.05) is 7.11 Å². The fourth-order valence-corrected chi connectivity index (χ4v) is 1.29. The highest BCUT2D eigenvalue weighted by molar-refractivity contribution is 9.12. The summed E-state index contributed by atoms with van der Waals surface area (Å²) >= 11 is 3.11. The number of carbonyl (C=O) groups excluding carboxylic acids is 1. The second-order valence-electron chi connectivity index (χ2n) is 2.78. The molecule has 0 saturated heterocycles. The number of hydrogen-bond acceptors (Lipinski definition) is 2. The van der Waals surface area contributed by atoms with Crippen molar-refractivity contribution in [1.29, 1.82) is 0 Å². The molecule has 0 spiro atoms. The molecule has 1 aromatic rings. The van der Waals surface area contributed by atoms with Crippen LogP contribution >= 0.6 is 15.9 Å². The Kier molecular flexibility index (Phi) is 4.84. The minimum Gasteiger partial charge on any atom is -0.465 e. The first-order valence-electron chi connectivity index (χ1n) is 4.41. The first kappa shape index (κ1) is 11.7. The third-order valence-electron chi connectivity index (χ3n) is 1.71. The minimum atomic E-state index is -0.382. The predicted molar refractivity (Wildman–Crippen MR) is 64.5 cm³/mol. The number of rotatable bonds is 3. The molecule has 0 aliphatic rings. The SMILES string of the molecule is COC(=O)/C(Br)=C\C=C\c1ccccc1. The van der Waals surface area contributed by atoms with Gasteiger partial charge in [-0.1, -0.05) is 42.5 Å². The van der Waals surface area contributed by atoms with Crippen LogP contribution in [0.5, 0.6) is 0 Å². The molecule has 0 aliphatic heterocycles. The molecular formula is C12H11BrO2. The van der Waals surface area contributed by atoms with E-state index in [-0.39, 0.29) is 5.97 Å². The van der Waals surface area contributed by atoms with Gasteiger partial charge in [0.05, 0.1) is 7.11 Å². The van der Waals surface area contributed by atoms with Gasteiger partial charge in [0.1, 0.15) is 4.48 Å². The number of methoxy groups -OCH3 is 1. The molecule has 1 aromatic carbocycles. The zero-order chi connectivity index (χ0) is 11.1. The van der Waals surface area contributed by atoms with Gasteiger partial charge in [0.15, 0.2) is 0 Å². The maximum absolute atomic E-state index is 11.0. The van der Waals surface area contributed by atoms with E-state index in [4.69, 9.17) is 0 Å². The van der Waals surface area contributed by atoms with Crippen molar-refractivity contribution in [3.05, 3.63) is 52.5 Å². The molecule has 0 amide bonds. The molecular weight excluding hydrogens is 256 g/mol. The van der Waals surface area contributed by atoms with E-state index in [0.29, 0.717) is 4.48 Å². The molecule has 0 N–H and O–H groups in total. The van der Waals surface area contributed by atoms with Crippen molar-refractivity contribution >= 4 is 28.0 Å². The van der Waals surface area contributed by atoms with Crippen LogP contribution in [0.25, 0.3) is 6.08 Å². The number of carbonyl (C=O) groups is 1. The van der Waals surface area contributed by atoms with Crippen LogP contribution in [0.3, 0.4) is 0 Å². The van der Waals surface area contributed by atoms with Crippen molar-refractivity contribution in [3.8, 4) is 0 Å². The van der Waals surface area contributed by atoms with Crippen molar-refractivity contribution < 1.29 is 9.53 Å². The quantitative estimate of drug-likeness (QED) is 0.477. The van der Waals surface area contributed by atoms with Gasteiger partial charge >= 0.3 is 5.97 Å². The molecule has 15 heavy (non-hydrogen) atoms. The van der Waals surface area contributed by atoms with Crippen molar-refractivity contribution in [1.82, 2.24) is 0 Å². The number of ether oxygens (including phenoxy) is 1. The van der Waals surface area contributed by atoms with E-state index in [1.54, 1.807) is 12.2 Å². The van der Waals surface area contributed by atoms with Gasteiger partial charge in [0.2, 0.25) is 0 Å². The Balaban J connectivity index is 2.64. The molecule has 0 radical (unpaired) electrons. The van der Waals surface area contributed by atoms with Crippen LogP contribution in [-0.2, 0) is 9.53 Å². The lowest BCUT2D eigenvalue weighted by molar-refractivity contribution is -0.135. The van der Waals surface area contributed by atoms with Crippen molar-refractivity contribution in [2.24, 2.45) is 0 Å². The van der Waals surface area contributed by atoms with Gasteiger partial charge in [-0.2, -0.15) is 0 Å². The molecule has 1 rings (SSSR count). The molecule has 0 aromatic heterocycles. The van der Waals surface area contributed by atoms with Gasteiger partial charge in [-0.15, -0.1) is 0 Å². The third kappa shape index (κ3) is 4.13. The fourth-order valence-electron chi connectivity index (χ4n) is 0.973. The average Bonchev–Trinajstić information content (AvgIpc) is 2.29. The van der Waals surface area contributed by atoms with E-state index in [2.05, 4.69) is 20.7 Å². The average molecular weight is 267 g/mol. The van der Waals surface area contributed by atoms with Gasteiger partial charge in [0, 0.05) is 0 Å². The van der Waals surface area contributed by atoms with Gasteiger partial charge in [-0.05, 0) is 27.6 Å². The molecule has 0 atom stereocenters. The summed E-state index contributed by atoms with van der Waals surface area (Å²) in [6, 6.07) is 9.84. The zero-order valence-electron chi connectivity index (χ0n) is 8.31. The Labute approximate surface area is 97.4 Å². The predicted octanol–water partition coefficient (Wildman–Crippen LogP) is 3.15. The van der Waals surface area contributed by atoms with Gasteiger partial charge < -0.3 is 4.74 Å². The Morgan fingerprint density at radius 1 is 1.33 bits per heavy atom. The second kappa shape index (κ2) is 6.19. The lowest BCUT2D eigenvalue weighted by Gasteiger charge is -1.93. The highest BCUT2D eigenvalue weighted by Crippen LogP contribution is 2.08. The van der Waals surface area contributed by atoms with E-state index in [9.17, 15) is 4.79 Å². The first-order valence-corrected chi connectivity index (χ1v) is 5.20. The van der Waals surface area contributed by atoms with Gasteiger partial charge in [-0.3, -0.25) is 0 Å². The largest absolute Gasteiger partial charge is 0.465 e. The lowest BCUT2D eigenvalue weighted by Crippen LogP contribution is -1.98. The number of allylic oxidation sites excluding steroid dienone is 2. The third-order valence-corrected chi connectivity index (χ3v) is 2.30. The number of benzene rings is 1. The Hall–Kier alpha value is -1.35. The summed E-state index contributed by atoms with van der Waals surface area (Å²) in [6.07, 6.45) is 5.35. The van der Waals surface area contributed by atoms with Crippen LogP contribution in [0.2, 0.25) is 0 Å². The monoisotopic (exact) mass is 266 g/mol. The first-order chi connectivity index (χ1) is 7.24. The Bertz CT molecular complexity index is 380. The zero-order valence-corrected chi connectivity index (χ0v) is 9.90. The van der Waals surface area contributed by atoms with Crippen LogP contribution in [-0.4, -0.2) is 13.1 Å². The molecule has 2 nitrogen and oxygen atoms in total. The number of halogens is 1. The van der Waals surface area contributed by atoms with E-state index in [1.807, 2.05) is 36.4 Å². The van der Waals surface area contributed by atoms with Crippen LogP contribution in [0, 0.1) is 0 Å². The second-order valence-corrected chi connectivity index (χ2v) is 3.63. The minimum absolute atomic E-state index is 0.382. The summed E-state index contributed by atoms with van der Waals surface area (Å²) in [7, 11) is 1.35. The molecule has 0 unspecified atom stereocenters. The van der Waals surface area contributed by atoms with Crippen LogP contribution in [0.15, 0.2) is 47.0 Å². The molecule has 78 valence electrons. The highest BCUT2D eigenvalue weighted by Gasteiger charge is 2.01. The van der Waals surface area contributed by atoms with Crippen LogP contribution in [0.4, 0.5) is 0 Å². The number of esters is 1. The molecule has 0 bridgehead atoms. The van der Waals surface area contributed by atoms with E-state index >= 15 is 0 Å². The number of hydrogen-bond donors (Lipinski definition) is 0. The summed E-state index contributed by atoms with van der Waals surface area (Å²) in [4.78, 5) is 11.0. The van der Waals surface area contributed by atoms with Crippen LogP contribution in [0.1, 0.15) is 5.56 Å². The molecule has 0 fully saturated rings. The van der Waals surface area contributed by atoms with E-state index < -0.39 is 0 Å². The normalized spacial score (nSPS) is 11.7. The standard InChI is InChI=1S/C12H11BrO2/c1-15-12(14)11(13)9-5-8-10-6-3-2-4-7-10/h2-9H,1H3/b8-5+,11-9+. The maximum atomic E-state index is 11.0. The van der Waals surface area contributed by atoms with Crippen LogP contribution < -0.4 is 0 Å². The topological polar surface area (TPSA) is 26.3 Å². The molecule has 3 heteroatoms. The van der Waals surface area contributed by atoms with E-state index in [0.717, 1.165) is 5.56 Å². The molecule has 0 saturated carbocycles. The summed E-state index contributed by atoms with van der Waals surface area (Å²) in [5.41, 5.74) is 1.08. The van der Waals surface area contributed by atoms with Crippen molar-refractivity contribution in [2.45, 2.75) is 0 Å². The van der Waals surface area contributed by atoms with E-state index in [1.165, 1.54) is 7.11 Å². The lowest BCUT2D eigenvalue weighted by atomic mass is 10.2. The maximum Gasteiger partial charge on any atom is 0.344 e. The van der Waals surface area contributed by atoms with Crippen molar-refractivity contribution in [3.63, 3.8) is 0 Å². The molecule has 0 aliphatic carbocycles. The summed E-state index contributed by atoms with van der Waals surface area (Å²) in [5.74, 6) is -0.382. The smallest absolute Gasteiger partial charge is 0.344 e. The Morgan fingerprint density at radius 2 is 2.00 bits per heavy atom. The van der Waals surface area contributed by atoms with Gasteiger partial charge in [0.25, 0.3) is 0 Å². The van der Waals surface area contributed by atoms with Gasteiger partial charge in [-0.25, -0.2) is 4.79 Å². The molecule has 0 heterocycles. The fraction of sp³-hybridized carbons (Fsp3) is 0.0833. The Morgan fingerprint density at radius 3 is 2.60 bits per heavy atom. The summed E-state index contributed by atoms with van der Waals surface area (Å²) in [6.45, 7) is 0. The summed E-state index contributed by atoms with van der Waals surface area (Å²) < 4.78 is 4.93.